The smallest absolute Gasteiger partial charge is 0.261 e. The minimum absolute atomic E-state index is 0.0756. The number of hydrogen-bond donors (Lipinski definition) is 2. The lowest BCUT2D eigenvalue weighted by atomic mass is 10.1. The monoisotopic (exact) mass is 304 g/mol. The van der Waals surface area contributed by atoms with Crippen molar-refractivity contribution in [3.8, 4) is 0 Å². The first kappa shape index (κ1) is 15.1. The van der Waals surface area contributed by atoms with Crippen molar-refractivity contribution in [3.05, 3.63) is 59.2 Å². The summed E-state index contributed by atoms with van der Waals surface area (Å²) in [4.78, 5) is 11.1. The fraction of sp³-hybridized carbons (Fsp3) is 0.133. The number of aryl methyl sites for hydroxylation is 2. The topological polar surface area (TPSA) is 89.3 Å². The maximum Gasteiger partial charge on any atom is 0.261 e. The molecule has 0 aliphatic rings. The van der Waals surface area contributed by atoms with E-state index >= 15 is 0 Å². The van der Waals surface area contributed by atoms with E-state index in [1.54, 1.807) is 12.1 Å². The van der Waals surface area contributed by atoms with Crippen LogP contribution in [-0.4, -0.2) is 14.3 Å². The minimum Gasteiger partial charge on any atom is -0.366 e. The third-order valence-electron chi connectivity index (χ3n) is 2.92. The van der Waals surface area contributed by atoms with E-state index in [1.165, 1.54) is 24.3 Å². The van der Waals surface area contributed by atoms with Crippen LogP contribution in [0.25, 0.3) is 0 Å². The number of rotatable bonds is 4. The Kier molecular flexibility index (Phi) is 3.99. The molecule has 6 heteroatoms. The second-order valence-electron chi connectivity index (χ2n) is 4.87. The Morgan fingerprint density at radius 3 is 2.00 bits per heavy atom. The highest BCUT2D eigenvalue weighted by molar-refractivity contribution is 7.92. The van der Waals surface area contributed by atoms with Crippen LogP contribution < -0.4 is 10.5 Å². The largest absolute Gasteiger partial charge is 0.366 e. The number of primary amides is 1. The molecule has 5 nitrogen and oxygen atoms in total. The highest BCUT2D eigenvalue weighted by Gasteiger charge is 2.15. The fourth-order valence-corrected chi connectivity index (χ4v) is 3.09. The van der Waals surface area contributed by atoms with Gasteiger partial charge in [-0.2, -0.15) is 0 Å². The summed E-state index contributed by atoms with van der Waals surface area (Å²) < 4.78 is 27.1. The number of carbonyl (C=O) groups is 1. The minimum atomic E-state index is -3.69. The van der Waals surface area contributed by atoms with E-state index < -0.39 is 15.9 Å². The maximum absolute atomic E-state index is 12.3. The highest BCUT2D eigenvalue weighted by atomic mass is 32.2. The van der Waals surface area contributed by atoms with E-state index in [0.717, 1.165) is 11.1 Å². The average Bonchev–Trinajstić information content (AvgIpc) is 2.37. The summed E-state index contributed by atoms with van der Waals surface area (Å²) in [6.45, 7) is 3.79. The number of benzene rings is 2. The molecule has 0 bridgehead atoms. The zero-order chi connectivity index (χ0) is 15.6. The Bertz CT molecular complexity index is 761. The fourth-order valence-electron chi connectivity index (χ4n) is 2.05. The molecule has 2 rings (SSSR count). The molecule has 0 aliphatic heterocycles. The molecule has 0 atom stereocenters. The van der Waals surface area contributed by atoms with Gasteiger partial charge in [0.1, 0.15) is 0 Å². The SMILES string of the molecule is Cc1cc(C)cc(NS(=O)(=O)c2ccc(C(N)=O)cc2)c1. The molecule has 3 N–H and O–H groups in total. The number of sulfonamides is 1. The summed E-state index contributed by atoms with van der Waals surface area (Å²) in [6, 6.07) is 10.9. The zero-order valence-electron chi connectivity index (χ0n) is 11.8. The summed E-state index contributed by atoms with van der Waals surface area (Å²) in [5, 5.41) is 0. The zero-order valence-corrected chi connectivity index (χ0v) is 12.6. The van der Waals surface area contributed by atoms with Crippen LogP contribution in [0.4, 0.5) is 5.69 Å². The third kappa shape index (κ3) is 3.61. The van der Waals surface area contributed by atoms with Crippen molar-refractivity contribution in [1.29, 1.82) is 0 Å². The van der Waals surface area contributed by atoms with Crippen molar-refractivity contribution >= 4 is 21.6 Å². The molecular formula is C15H16N2O3S. The molecule has 0 fully saturated rings. The first-order valence-electron chi connectivity index (χ1n) is 6.29. The van der Waals surface area contributed by atoms with Gasteiger partial charge in [-0.3, -0.25) is 9.52 Å². The lowest BCUT2D eigenvalue weighted by molar-refractivity contribution is 0.1000. The van der Waals surface area contributed by atoms with E-state index in [-0.39, 0.29) is 10.5 Å². The number of hydrogen-bond acceptors (Lipinski definition) is 3. The predicted octanol–water partition coefficient (Wildman–Crippen LogP) is 2.20. The quantitative estimate of drug-likeness (QED) is 0.907. The highest BCUT2D eigenvalue weighted by Crippen LogP contribution is 2.19. The summed E-state index contributed by atoms with van der Waals surface area (Å²) >= 11 is 0. The first-order valence-corrected chi connectivity index (χ1v) is 7.77. The van der Waals surface area contributed by atoms with Crippen LogP contribution in [0.15, 0.2) is 47.4 Å². The lowest BCUT2D eigenvalue weighted by Gasteiger charge is -2.10. The van der Waals surface area contributed by atoms with Gasteiger partial charge in [0.2, 0.25) is 5.91 Å². The van der Waals surface area contributed by atoms with Crippen molar-refractivity contribution < 1.29 is 13.2 Å². The van der Waals surface area contributed by atoms with Crippen molar-refractivity contribution in [1.82, 2.24) is 0 Å². The Morgan fingerprint density at radius 1 is 1.00 bits per heavy atom. The summed E-state index contributed by atoms with van der Waals surface area (Å²) in [5.41, 5.74) is 7.83. The molecule has 0 unspecified atom stereocenters. The second kappa shape index (κ2) is 5.57. The average molecular weight is 304 g/mol. The standard InChI is InChI=1S/C15H16N2O3S/c1-10-7-11(2)9-13(8-10)17-21(19,20)14-5-3-12(4-6-14)15(16)18/h3-9,17H,1-2H3,(H2,16,18). The molecule has 2 aromatic carbocycles. The van der Waals surface area contributed by atoms with Crippen molar-refractivity contribution in [3.63, 3.8) is 0 Å². The van der Waals surface area contributed by atoms with Gasteiger partial charge in [-0.05, 0) is 61.4 Å². The summed E-state index contributed by atoms with van der Waals surface area (Å²) in [7, 11) is -3.69. The van der Waals surface area contributed by atoms with Crippen molar-refractivity contribution in [2.75, 3.05) is 4.72 Å². The van der Waals surface area contributed by atoms with Gasteiger partial charge in [0.05, 0.1) is 4.90 Å². The van der Waals surface area contributed by atoms with E-state index in [0.29, 0.717) is 5.69 Å². The number of carbonyl (C=O) groups excluding carboxylic acids is 1. The van der Waals surface area contributed by atoms with E-state index in [1.807, 2.05) is 19.9 Å². The third-order valence-corrected chi connectivity index (χ3v) is 4.32. The maximum atomic E-state index is 12.3. The normalized spacial score (nSPS) is 11.1. The second-order valence-corrected chi connectivity index (χ2v) is 6.55. The molecule has 0 saturated carbocycles. The van der Waals surface area contributed by atoms with Gasteiger partial charge in [0, 0.05) is 11.3 Å². The van der Waals surface area contributed by atoms with Crippen LogP contribution in [0.3, 0.4) is 0 Å². The summed E-state index contributed by atoms with van der Waals surface area (Å²) in [6.07, 6.45) is 0. The van der Waals surface area contributed by atoms with Crippen LogP contribution in [0.5, 0.6) is 0 Å². The van der Waals surface area contributed by atoms with Gasteiger partial charge in [0.25, 0.3) is 10.0 Å². The Balaban J connectivity index is 2.31. The van der Waals surface area contributed by atoms with Gasteiger partial charge in [-0.1, -0.05) is 6.07 Å². The molecule has 110 valence electrons. The van der Waals surface area contributed by atoms with Gasteiger partial charge < -0.3 is 5.73 Å². The molecule has 2 aromatic rings. The van der Waals surface area contributed by atoms with E-state index in [4.69, 9.17) is 5.73 Å². The van der Waals surface area contributed by atoms with Crippen LogP contribution in [-0.2, 0) is 10.0 Å². The van der Waals surface area contributed by atoms with E-state index in [9.17, 15) is 13.2 Å². The molecule has 1 amide bonds. The Hall–Kier alpha value is -2.34. The van der Waals surface area contributed by atoms with Gasteiger partial charge >= 0.3 is 0 Å². The Morgan fingerprint density at radius 2 is 1.52 bits per heavy atom. The molecule has 0 aliphatic carbocycles. The van der Waals surface area contributed by atoms with Gasteiger partial charge in [-0.25, -0.2) is 8.42 Å². The van der Waals surface area contributed by atoms with Crippen molar-refractivity contribution in [2.24, 2.45) is 5.73 Å². The molecule has 0 saturated heterocycles. The van der Waals surface area contributed by atoms with Crippen LogP contribution in [0.2, 0.25) is 0 Å². The molecule has 0 spiro atoms. The van der Waals surface area contributed by atoms with Crippen LogP contribution >= 0.6 is 0 Å². The molecule has 0 radical (unpaired) electrons. The van der Waals surface area contributed by atoms with Crippen LogP contribution in [0, 0.1) is 13.8 Å². The number of amides is 1. The number of nitrogens with one attached hydrogen (secondary N) is 1. The molecule has 21 heavy (non-hydrogen) atoms. The number of nitrogens with two attached hydrogens (primary N) is 1. The lowest BCUT2D eigenvalue weighted by Crippen LogP contribution is -2.14. The Labute approximate surface area is 123 Å². The van der Waals surface area contributed by atoms with Crippen LogP contribution in [0.1, 0.15) is 21.5 Å². The van der Waals surface area contributed by atoms with E-state index in [2.05, 4.69) is 4.72 Å². The summed E-state index contributed by atoms with van der Waals surface area (Å²) in [5.74, 6) is -0.596. The van der Waals surface area contributed by atoms with Gasteiger partial charge in [0.15, 0.2) is 0 Å². The number of anilines is 1. The molecule has 0 aromatic heterocycles. The van der Waals surface area contributed by atoms with Crippen molar-refractivity contribution in [2.45, 2.75) is 18.7 Å². The van der Waals surface area contributed by atoms with Gasteiger partial charge in [-0.15, -0.1) is 0 Å². The predicted molar refractivity (Wildman–Crippen MR) is 81.7 cm³/mol. The molecular weight excluding hydrogens is 288 g/mol. The first-order chi connectivity index (χ1) is 9.78. The molecule has 0 heterocycles.